The molecular weight excluding hydrogens is 382 g/mol. The zero-order valence-electron chi connectivity index (χ0n) is 17.4. The molecule has 1 aliphatic rings. The minimum Gasteiger partial charge on any atom is -0.494 e. The minimum absolute atomic E-state index is 0.0846. The Balaban J connectivity index is 1.48. The fourth-order valence-corrected chi connectivity index (χ4v) is 3.33. The highest BCUT2D eigenvalue weighted by atomic mass is 16.5. The molecule has 7 nitrogen and oxygen atoms in total. The van der Waals surface area contributed by atoms with Crippen molar-refractivity contribution in [2.24, 2.45) is 0 Å². The van der Waals surface area contributed by atoms with Gasteiger partial charge in [0.1, 0.15) is 5.75 Å². The number of nitrogens with zero attached hydrogens (tertiary/aromatic N) is 2. The lowest BCUT2D eigenvalue weighted by atomic mass is 10.2. The molecule has 2 aromatic rings. The van der Waals surface area contributed by atoms with Crippen molar-refractivity contribution in [2.75, 3.05) is 31.6 Å². The first-order valence-electron chi connectivity index (χ1n) is 10.1. The Morgan fingerprint density at radius 2 is 1.80 bits per heavy atom. The van der Waals surface area contributed by atoms with Crippen LogP contribution in [0.15, 0.2) is 48.5 Å². The van der Waals surface area contributed by atoms with Crippen LogP contribution in [0, 0.1) is 0 Å². The predicted molar refractivity (Wildman–Crippen MR) is 114 cm³/mol. The highest BCUT2D eigenvalue weighted by Crippen LogP contribution is 2.21. The van der Waals surface area contributed by atoms with Gasteiger partial charge in [-0.3, -0.25) is 14.4 Å². The second-order valence-electron chi connectivity index (χ2n) is 7.21. The number of hydrogen-bond donors (Lipinski definition) is 1. The molecule has 3 amide bonds. The lowest BCUT2D eigenvalue weighted by Gasteiger charge is -2.18. The second kappa shape index (κ2) is 9.91. The maximum atomic E-state index is 12.4. The number of rotatable bonds is 8. The molecule has 2 aromatic carbocycles. The summed E-state index contributed by atoms with van der Waals surface area (Å²) >= 11 is 0. The van der Waals surface area contributed by atoms with Crippen LogP contribution in [-0.4, -0.2) is 49.4 Å². The van der Waals surface area contributed by atoms with E-state index < -0.39 is 0 Å². The monoisotopic (exact) mass is 409 g/mol. The topological polar surface area (TPSA) is 79.0 Å². The molecule has 3 rings (SSSR count). The summed E-state index contributed by atoms with van der Waals surface area (Å²) in [4.78, 5) is 39.8. The van der Waals surface area contributed by atoms with Crippen LogP contribution in [0.2, 0.25) is 0 Å². The smallest absolute Gasteiger partial charge is 0.251 e. The summed E-state index contributed by atoms with van der Waals surface area (Å²) in [6.45, 7) is 3.60. The third-order valence-electron chi connectivity index (χ3n) is 4.99. The fourth-order valence-electron chi connectivity index (χ4n) is 3.33. The summed E-state index contributed by atoms with van der Waals surface area (Å²) in [5.74, 6) is 0.393. The van der Waals surface area contributed by atoms with E-state index in [0.717, 1.165) is 23.4 Å². The molecule has 0 unspecified atom stereocenters. The Morgan fingerprint density at radius 3 is 2.40 bits per heavy atom. The molecule has 30 heavy (non-hydrogen) atoms. The summed E-state index contributed by atoms with van der Waals surface area (Å²) in [7, 11) is 1.70. The van der Waals surface area contributed by atoms with Crippen molar-refractivity contribution in [1.29, 1.82) is 0 Å². The Morgan fingerprint density at radius 1 is 1.10 bits per heavy atom. The van der Waals surface area contributed by atoms with E-state index in [4.69, 9.17) is 4.74 Å². The van der Waals surface area contributed by atoms with Crippen LogP contribution in [0.4, 0.5) is 5.69 Å². The Bertz CT molecular complexity index is 894. The molecule has 1 fully saturated rings. The summed E-state index contributed by atoms with van der Waals surface area (Å²) in [5.41, 5.74) is 2.22. The molecule has 0 radical (unpaired) electrons. The summed E-state index contributed by atoms with van der Waals surface area (Å²) in [6.07, 6.45) is 1.42. The number of carbonyl (C=O) groups is 3. The van der Waals surface area contributed by atoms with Gasteiger partial charge in [-0.2, -0.15) is 0 Å². The first-order chi connectivity index (χ1) is 14.5. The Kier molecular flexibility index (Phi) is 7.06. The standard InChI is InChI=1S/C23H27N3O4/c1-3-30-20-12-6-17(7-13-20)16-25(2)22(28)15-24-23(29)18-8-10-19(11-9-18)26-14-4-5-21(26)27/h6-13H,3-5,14-16H2,1-2H3,(H,24,29). The van der Waals surface area contributed by atoms with Gasteiger partial charge in [0, 0.05) is 37.8 Å². The lowest BCUT2D eigenvalue weighted by Crippen LogP contribution is -2.37. The molecule has 1 saturated heterocycles. The van der Waals surface area contributed by atoms with E-state index >= 15 is 0 Å². The molecule has 0 atom stereocenters. The number of benzene rings is 2. The quantitative estimate of drug-likeness (QED) is 0.727. The normalized spacial score (nSPS) is 13.3. The zero-order chi connectivity index (χ0) is 21.5. The molecule has 0 saturated carbocycles. The Hall–Kier alpha value is -3.35. The Labute approximate surface area is 176 Å². The van der Waals surface area contributed by atoms with Crippen LogP contribution >= 0.6 is 0 Å². The van der Waals surface area contributed by atoms with E-state index in [1.54, 1.807) is 41.1 Å². The zero-order valence-corrected chi connectivity index (χ0v) is 17.4. The van der Waals surface area contributed by atoms with Gasteiger partial charge in [-0.25, -0.2) is 0 Å². The van der Waals surface area contributed by atoms with Gasteiger partial charge in [0.2, 0.25) is 11.8 Å². The van der Waals surface area contributed by atoms with Gasteiger partial charge in [0.15, 0.2) is 0 Å². The van der Waals surface area contributed by atoms with Crippen LogP contribution in [0.25, 0.3) is 0 Å². The van der Waals surface area contributed by atoms with E-state index in [1.165, 1.54) is 0 Å². The van der Waals surface area contributed by atoms with Crippen molar-refractivity contribution in [3.63, 3.8) is 0 Å². The highest BCUT2D eigenvalue weighted by Gasteiger charge is 2.21. The third kappa shape index (κ3) is 5.37. The maximum Gasteiger partial charge on any atom is 0.251 e. The number of carbonyl (C=O) groups excluding carboxylic acids is 3. The first-order valence-corrected chi connectivity index (χ1v) is 10.1. The van der Waals surface area contributed by atoms with E-state index in [2.05, 4.69) is 5.32 Å². The SMILES string of the molecule is CCOc1ccc(CN(C)C(=O)CNC(=O)c2ccc(N3CCCC3=O)cc2)cc1. The minimum atomic E-state index is -0.322. The lowest BCUT2D eigenvalue weighted by molar-refractivity contribution is -0.129. The third-order valence-corrected chi connectivity index (χ3v) is 4.99. The summed E-state index contributed by atoms with van der Waals surface area (Å²) < 4.78 is 5.41. The van der Waals surface area contributed by atoms with E-state index in [9.17, 15) is 14.4 Å². The number of likely N-dealkylation sites (N-methyl/N-ethyl adjacent to an activating group) is 1. The van der Waals surface area contributed by atoms with Crippen LogP contribution < -0.4 is 15.0 Å². The van der Waals surface area contributed by atoms with Crippen LogP contribution in [0.3, 0.4) is 0 Å². The number of anilines is 1. The largest absolute Gasteiger partial charge is 0.494 e. The molecule has 1 aliphatic heterocycles. The average molecular weight is 409 g/mol. The molecule has 0 bridgehead atoms. The molecule has 0 spiro atoms. The van der Waals surface area contributed by atoms with Crippen molar-refractivity contribution in [1.82, 2.24) is 10.2 Å². The van der Waals surface area contributed by atoms with Crippen LogP contribution in [0.1, 0.15) is 35.7 Å². The fraction of sp³-hybridized carbons (Fsp3) is 0.348. The number of hydrogen-bond acceptors (Lipinski definition) is 4. The van der Waals surface area contributed by atoms with Crippen molar-refractivity contribution in [3.8, 4) is 5.75 Å². The van der Waals surface area contributed by atoms with E-state index in [0.29, 0.717) is 31.7 Å². The van der Waals surface area contributed by atoms with E-state index in [-0.39, 0.29) is 24.3 Å². The van der Waals surface area contributed by atoms with Gasteiger partial charge in [-0.15, -0.1) is 0 Å². The summed E-state index contributed by atoms with van der Waals surface area (Å²) in [6, 6.07) is 14.4. The molecule has 1 heterocycles. The predicted octanol–water partition coefficient (Wildman–Crippen LogP) is 2.60. The van der Waals surface area contributed by atoms with Crippen molar-refractivity contribution < 1.29 is 19.1 Å². The summed E-state index contributed by atoms with van der Waals surface area (Å²) in [5, 5.41) is 2.66. The molecule has 7 heteroatoms. The van der Waals surface area contributed by atoms with Crippen molar-refractivity contribution >= 4 is 23.4 Å². The maximum absolute atomic E-state index is 12.4. The van der Waals surface area contributed by atoms with Gasteiger partial charge in [0.25, 0.3) is 5.91 Å². The van der Waals surface area contributed by atoms with Crippen LogP contribution in [-0.2, 0) is 16.1 Å². The van der Waals surface area contributed by atoms with E-state index in [1.807, 2.05) is 31.2 Å². The van der Waals surface area contributed by atoms with Gasteiger partial charge in [-0.1, -0.05) is 12.1 Å². The molecule has 1 N–H and O–H groups in total. The second-order valence-corrected chi connectivity index (χ2v) is 7.21. The average Bonchev–Trinajstić information content (AvgIpc) is 3.19. The molecule has 0 aromatic heterocycles. The first kappa shape index (κ1) is 21.4. The van der Waals surface area contributed by atoms with Crippen LogP contribution in [0.5, 0.6) is 5.75 Å². The molecular formula is C23H27N3O4. The number of ether oxygens (including phenoxy) is 1. The van der Waals surface area contributed by atoms with Gasteiger partial charge >= 0.3 is 0 Å². The molecule has 158 valence electrons. The number of nitrogens with one attached hydrogen (secondary N) is 1. The number of amides is 3. The van der Waals surface area contributed by atoms with Crippen molar-refractivity contribution in [3.05, 3.63) is 59.7 Å². The molecule has 0 aliphatic carbocycles. The van der Waals surface area contributed by atoms with Gasteiger partial charge in [0.05, 0.1) is 13.2 Å². The van der Waals surface area contributed by atoms with Gasteiger partial charge in [-0.05, 0) is 55.3 Å². The highest BCUT2D eigenvalue weighted by molar-refractivity contribution is 5.98. The van der Waals surface area contributed by atoms with Crippen molar-refractivity contribution in [2.45, 2.75) is 26.3 Å². The van der Waals surface area contributed by atoms with Gasteiger partial charge < -0.3 is 19.9 Å².